The molecule has 0 saturated heterocycles. The molecule has 1 nitrogen and oxygen atoms in total. The lowest BCUT2D eigenvalue weighted by Crippen LogP contribution is -2.08. The second kappa shape index (κ2) is 5.79. The molecule has 20 heavy (non-hydrogen) atoms. The number of ether oxygens (including phenoxy) is 1. The lowest BCUT2D eigenvalue weighted by atomic mass is 9.98. The van der Waals surface area contributed by atoms with E-state index in [1.54, 1.807) is 0 Å². The Balaban J connectivity index is 1.93. The zero-order valence-corrected chi connectivity index (χ0v) is 13.7. The van der Waals surface area contributed by atoms with Gasteiger partial charge in [0.2, 0.25) is 0 Å². The Morgan fingerprint density at radius 2 is 1.90 bits per heavy atom. The van der Waals surface area contributed by atoms with Crippen molar-refractivity contribution in [3.63, 3.8) is 0 Å². The molecule has 3 heteroatoms. The fraction of sp³-hybridized carbons (Fsp3) is 0.294. The summed E-state index contributed by atoms with van der Waals surface area (Å²) >= 11 is 10.0. The monoisotopic (exact) mass is 350 g/mol. The minimum atomic E-state index is 0.160. The summed E-state index contributed by atoms with van der Waals surface area (Å²) in [5.41, 5.74) is 4.83. The number of rotatable bonds is 2. The molecule has 0 aromatic heterocycles. The molecule has 1 aliphatic heterocycles. The van der Waals surface area contributed by atoms with Crippen LogP contribution in [0.5, 0.6) is 5.75 Å². The van der Waals surface area contributed by atoms with Gasteiger partial charge in [0.05, 0.1) is 11.4 Å². The standard InChI is InChI=1S/C17H16BrClO/c1-11-4-5-14(10-15(11)19)17(18)13-6-7-16-12(9-13)3-2-8-20-16/h4-7,9-10,17H,2-3,8H2,1H3. The Hall–Kier alpha value is -0.990. The number of aryl methyl sites for hydroxylation is 2. The Morgan fingerprint density at radius 1 is 1.15 bits per heavy atom. The number of hydrogen-bond acceptors (Lipinski definition) is 1. The van der Waals surface area contributed by atoms with Crippen molar-refractivity contribution in [1.29, 1.82) is 0 Å². The highest BCUT2D eigenvalue weighted by Gasteiger charge is 2.16. The summed E-state index contributed by atoms with van der Waals surface area (Å²) in [6.07, 6.45) is 2.19. The van der Waals surface area contributed by atoms with Gasteiger partial charge in [0.1, 0.15) is 5.75 Å². The lowest BCUT2D eigenvalue weighted by Gasteiger charge is -2.19. The van der Waals surface area contributed by atoms with Gasteiger partial charge >= 0.3 is 0 Å². The van der Waals surface area contributed by atoms with Crippen molar-refractivity contribution in [3.8, 4) is 5.75 Å². The van der Waals surface area contributed by atoms with Gasteiger partial charge in [-0.15, -0.1) is 0 Å². The third-order valence-electron chi connectivity index (χ3n) is 3.71. The first kappa shape index (κ1) is 14.0. The van der Waals surface area contributed by atoms with Crippen molar-refractivity contribution in [2.24, 2.45) is 0 Å². The molecule has 1 heterocycles. The fourth-order valence-corrected chi connectivity index (χ4v) is 3.26. The quantitative estimate of drug-likeness (QED) is 0.653. The van der Waals surface area contributed by atoms with Crippen LogP contribution in [0.4, 0.5) is 0 Å². The van der Waals surface area contributed by atoms with Crippen LogP contribution >= 0.6 is 27.5 Å². The molecule has 1 unspecified atom stereocenters. The van der Waals surface area contributed by atoms with Gasteiger partial charge in [0, 0.05) is 5.02 Å². The maximum absolute atomic E-state index is 6.22. The van der Waals surface area contributed by atoms with E-state index >= 15 is 0 Å². The predicted molar refractivity (Wildman–Crippen MR) is 87.2 cm³/mol. The molecule has 1 atom stereocenters. The SMILES string of the molecule is Cc1ccc(C(Br)c2ccc3c(c2)CCCO3)cc1Cl. The second-order valence-corrected chi connectivity index (χ2v) is 6.51. The number of alkyl halides is 1. The van der Waals surface area contributed by atoms with Gasteiger partial charge in [-0.2, -0.15) is 0 Å². The van der Waals surface area contributed by atoms with Crippen LogP contribution in [-0.4, -0.2) is 6.61 Å². The Labute approximate surface area is 133 Å². The summed E-state index contributed by atoms with van der Waals surface area (Å²) in [6.45, 7) is 2.85. The molecular formula is C17H16BrClO. The van der Waals surface area contributed by atoms with E-state index in [9.17, 15) is 0 Å². The first-order valence-electron chi connectivity index (χ1n) is 6.81. The highest BCUT2D eigenvalue weighted by molar-refractivity contribution is 9.09. The van der Waals surface area contributed by atoms with Crippen LogP contribution in [-0.2, 0) is 6.42 Å². The van der Waals surface area contributed by atoms with Gasteiger partial charge in [-0.25, -0.2) is 0 Å². The molecule has 2 aromatic carbocycles. The van der Waals surface area contributed by atoms with E-state index in [2.05, 4.69) is 46.3 Å². The summed E-state index contributed by atoms with van der Waals surface area (Å²) in [6, 6.07) is 12.7. The minimum absolute atomic E-state index is 0.160. The van der Waals surface area contributed by atoms with Crippen LogP contribution in [0.25, 0.3) is 0 Å². The zero-order valence-electron chi connectivity index (χ0n) is 11.3. The molecule has 0 N–H and O–H groups in total. The van der Waals surface area contributed by atoms with E-state index in [1.165, 1.54) is 16.7 Å². The lowest BCUT2D eigenvalue weighted by molar-refractivity contribution is 0.288. The van der Waals surface area contributed by atoms with Crippen molar-refractivity contribution >= 4 is 27.5 Å². The van der Waals surface area contributed by atoms with Crippen LogP contribution in [0, 0.1) is 6.92 Å². The van der Waals surface area contributed by atoms with E-state index in [-0.39, 0.29) is 4.83 Å². The largest absolute Gasteiger partial charge is 0.493 e. The number of fused-ring (bicyclic) bond motifs is 1. The van der Waals surface area contributed by atoms with Crippen LogP contribution < -0.4 is 4.74 Å². The molecule has 1 aliphatic rings. The molecular weight excluding hydrogens is 336 g/mol. The van der Waals surface area contributed by atoms with Crippen molar-refractivity contribution in [1.82, 2.24) is 0 Å². The van der Waals surface area contributed by atoms with Crippen LogP contribution in [0.15, 0.2) is 36.4 Å². The fourth-order valence-electron chi connectivity index (χ4n) is 2.50. The first-order chi connectivity index (χ1) is 9.65. The summed E-state index contributed by atoms with van der Waals surface area (Å²) in [5.74, 6) is 1.03. The minimum Gasteiger partial charge on any atom is -0.493 e. The number of hydrogen-bond donors (Lipinski definition) is 0. The number of halogens is 2. The molecule has 0 bridgehead atoms. The normalized spacial score (nSPS) is 15.3. The molecule has 2 aromatic rings. The van der Waals surface area contributed by atoms with Gasteiger partial charge in [-0.05, 0) is 54.2 Å². The maximum Gasteiger partial charge on any atom is 0.122 e. The van der Waals surface area contributed by atoms with E-state index < -0.39 is 0 Å². The van der Waals surface area contributed by atoms with Gasteiger partial charge in [0.25, 0.3) is 0 Å². The van der Waals surface area contributed by atoms with E-state index in [4.69, 9.17) is 16.3 Å². The van der Waals surface area contributed by atoms with E-state index in [1.807, 2.05) is 13.0 Å². The average Bonchev–Trinajstić information content (AvgIpc) is 2.49. The van der Waals surface area contributed by atoms with Crippen LogP contribution in [0.2, 0.25) is 5.02 Å². The summed E-state index contributed by atoms with van der Waals surface area (Å²) in [7, 11) is 0. The molecule has 0 spiro atoms. The first-order valence-corrected chi connectivity index (χ1v) is 8.10. The molecule has 3 rings (SSSR count). The summed E-state index contributed by atoms with van der Waals surface area (Å²) in [5, 5.41) is 0.813. The van der Waals surface area contributed by atoms with Crippen LogP contribution in [0.3, 0.4) is 0 Å². The molecule has 0 aliphatic carbocycles. The average molecular weight is 352 g/mol. The second-order valence-electron chi connectivity index (χ2n) is 5.19. The van der Waals surface area contributed by atoms with E-state index in [0.717, 1.165) is 35.8 Å². The van der Waals surface area contributed by atoms with Gasteiger partial charge in [-0.3, -0.25) is 0 Å². The van der Waals surface area contributed by atoms with Crippen molar-refractivity contribution in [3.05, 3.63) is 63.7 Å². The van der Waals surface area contributed by atoms with Gasteiger partial charge < -0.3 is 4.74 Å². The zero-order chi connectivity index (χ0) is 14.1. The van der Waals surface area contributed by atoms with Gasteiger partial charge in [0.15, 0.2) is 0 Å². The van der Waals surface area contributed by atoms with Crippen LogP contribution in [0.1, 0.15) is 33.5 Å². The molecule has 0 amide bonds. The highest BCUT2D eigenvalue weighted by atomic mass is 79.9. The highest BCUT2D eigenvalue weighted by Crippen LogP contribution is 2.36. The van der Waals surface area contributed by atoms with Crippen molar-refractivity contribution in [2.45, 2.75) is 24.6 Å². The van der Waals surface area contributed by atoms with E-state index in [0.29, 0.717) is 0 Å². The smallest absolute Gasteiger partial charge is 0.122 e. The third-order valence-corrected chi connectivity index (χ3v) is 5.18. The summed E-state index contributed by atoms with van der Waals surface area (Å²) < 4.78 is 5.66. The predicted octanol–water partition coefficient (Wildman–Crippen LogP) is 5.46. The van der Waals surface area contributed by atoms with Crippen molar-refractivity contribution in [2.75, 3.05) is 6.61 Å². The molecule has 0 radical (unpaired) electrons. The topological polar surface area (TPSA) is 9.23 Å². The third kappa shape index (κ3) is 2.72. The Kier molecular flexibility index (Phi) is 4.04. The van der Waals surface area contributed by atoms with Crippen molar-refractivity contribution < 1.29 is 4.74 Å². The maximum atomic E-state index is 6.22. The molecule has 0 saturated carbocycles. The van der Waals surface area contributed by atoms with Gasteiger partial charge in [-0.1, -0.05) is 51.8 Å². The Bertz CT molecular complexity index is 639. The summed E-state index contributed by atoms with van der Waals surface area (Å²) in [4.78, 5) is 0.160. The molecule has 0 fully saturated rings. The number of benzene rings is 2. The molecule has 104 valence electrons. The Morgan fingerprint density at radius 3 is 2.70 bits per heavy atom.